The van der Waals surface area contributed by atoms with Crippen LogP contribution in [0.25, 0.3) is 0 Å². The van der Waals surface area contributed by atoms with E-state index in [9.17, 15) is 9.90 Å². The van der Waals surface area contributed by atoms with Crippen LogP contribution in [-0.2, 0) is 0 Å². The Morgan fingerprint density at radius 3 is 2.75 bits per heavy atom. The summed E-state index contributed by atoms with van der Waals surface area (Å²) < 4.78 is 0. The average Bonchev–Trinajstić information content (AvgIpc) is 2.38. The number of carboxylic acid groups (broad SMARTS) is 1. The van der Waals surface area contributed by atoms with Gasteiger partial charge in [-0.25, -0.2) is 14.8 Å². The third kappa shape index (κ3) is 3.49. The molecule has 0 fully saturated rings. The molecule has 0 saturated carbocycles. The van der Waals surface area contributed by atoms with Gasteiger partial charge in [0.2, 0.25) is 0 Å². The minimum atomic E-state index is -1.06. The number of nitrogens with zero attached hydrogens (tertiary/aromatic N) is 2. The van der Waals surface area contributed by atoms with Crippen LogP contribution in [0, 0.1) is 0 Å². The van der Waals surface area contributed by atoms with Crippen LogP contribution in [0.3, 0.4) is 0 Å². The summed E-state index contributed by atoms with van der Waals surface area (Å²) in [6.07, 6.45) is 1.55. The Kier molecular flexibility index (Phi) is 4.62. The fourth-order valence-electron chi connectivity index (χ4n) is 1.55. The van der Waals surface area contributed by atoms with Crippen molar-refractivity contribution in [1.82, 2.24) is 9.97 Å². The van der Waals surface area contributed by atoms with Crippen molar-refractivity contribution < 1.29 is 9.90 Å². The zero-order chi connectivity index (χ0) is 14.7. The molecule has 0 spiro atoms. The number of halogens is 1. The summed E-state index contributed by atoms with van der Waals surface area (Å²) in [5.74, 6) is -0.449. The number of carboxylic acids is 1. The van der Waals surface area contributed by atoms with Gasteiger partial charge in [0.05, 0.1) is 4.90 Å². The lowest BCUT2D eigenvalue weighted by Gasteiger charge is -2.08. The minimum Gasteiger partial charge on any atom is -0.476 e. The lowest BCUT2D eigenvalue weighted by atomic mass is 10.2. The van der Waals surface area contributed by atoms with E-state index < -0.39 is 5.97 Å². The molecule has 1 N–H and O–H groups in total. The Balaban J connectivity index is 2.38. The normalized spacial score (nSPS) is 10.8. The van der Waals surface area contributed by atoms with Crippen molar-refractivity contribution in [3.05, 3.63) is 47.0 Å². The standard InChI is InChI=1S/C14H13ClN2O2S/c1-8(2)13-16-7-11(12(17-13)14(18)19)20-10-5-3-4-9(15)6-10/h3-8H,1-2H3,(H,18,19). The van der Waals surface area contributed by atoms with Crippen molar-refractivity contribution in [2.24, 2.45) is 0 Å². The van der Waals surface area contributed by atoms with Crippen molar-refractivity contribution in [2.45, 2.75) is 29.6 Å². The fraction of sp³-hybridized carbons (Fsp3) is 0.214. The first kappa shape index (κ1) is 14.8. The second kappa shape index (κ2) is 6.24. The maximum atomic E-state index is 11.3. The number of aromatic carboxylic acids is 1. The molecular weight excluding hydrogens is 296 g/mol. The van der Waals surface area contributed by atoms with Gasteiger partial charge in [-0.3, -0.25) is 0 Å². The highest BCUT2D eigenvalue weighted by Crippen LogP contribution is 2.31. The van der Waals surface area contributed by atoms with Crippen molar-refractivity contribution >= 4 is 29.3 Å². The van der Waals surface area contributed by atoms with Crippen LogP contribution >= 0.6 is 23.4 Å². The maximum Gasteiger partial charge on any atom is 0.355 e. The Bertz CT molecular complexity index is 647. The molecule has 0 atom stereocenters. The number of benzene rings is 1. The molecule has 104 valence electrons. The molecule has 2 rings (SSSR count). The topological polar surface area (TPSA) is 63.1 Å². The summed E-state index contributed by atoms with van der Waals surface area (Å²) in [5.41, 5.74) is 0.0219. The van der Waals surface area contributed by atoms with E-state index in [1.54, 1.807) is 18.3 Å². The van der Waals surface area contributed by atoms with E-state index in [-0.39, 0.29) is 11.6 Å². The summed E-state index contributed by atoms with van der Waals surface area (Å²) in [7, 11) is 0. The first-order valence-electron chi connectivity index (χ1n) is 6.01. The molecule has 1 heterocycles. The molecular formula is C14H13ClN2O2S. The highest BCUT2D eigenvalue weighted by atomic mass is 35.5. The lowest BCUT2D eigenvalue weighted by molar-refractivity contribution is 0.0685. The molecule has 6 heteroatoms. The molecule has 0 aliphatic carbocycles. The van der Waals surface area contributed by atoms with Gasteiger partial charge in [-0.05, 0) is 18.2 Å². The Morgan fingerprint density at radius 2 is 2.15 bits per heavy atom. The largest absolute Gasteiger partial charge is 0.476 e. The van der Waals surface area contributed by atoms with Crippen LogP contribution in [0.2, 0.25) is 5.02 Å². The molecule has 0 unspecified atom stereocenters. The van der Waals surface area contributed by atoms with E-state index in [4.69, 9.17) is 11.6 Å². The van der Waals surface area contributed by atoms with Gasteiger partial charge < -0.3 is 5.11 Å². The molecule has 0 aliphatic heterocycles. The second-order valence-corrected chi connectivity index (χ2v) is 6.01. The van der Waals surface area contributed by atoms with Crippen molar-refractivity contribution in [1.29, 1.82) is 0 Å². The molecule has 1 aromatic heterocycles. The summed E-state index contributed by atoms with van der Waals surface area (Å²) in [4.78, 5) is 21.0. The maximum absolute atomic E-state index is 11.3. The summed E-state index contributed by atoms with van der Waals surface area (Å²) in [6.45, 7) is 3.84. The molecule has 0 radical (unpaired) electrons. The van der Waals surface area contributed by atoms with Crippen molar-refractivity contribution in [3.8, 4) is 0 Å². The number of hydrogen-bond donors (Lipinski definition) is 1. The van der Waals surface area contributed by atoms with Gasteiger partial charge in [0.15, 0.2) is 5.69 Å². The summed E-state index contributed by atoms with van der Waals surface area (Å²) in [6, 6.07) is 7.21. The number of aromatic nitrogens is 2. The third-order valence-corrected chi connectivity index (χ3v) is 3.76. The van der Waals surface area contributed by atoms with Crippen molar-refractivity contribution in [2.75, 3.05) is 0 Å². The molecule has 4 nitrogen and oxygen atoms in total. The molecule has 0 bridgehead atoms. The van der Waals surface area contributed by atoms with Crippen molar-refractivity contribution in [3.63, 3.8) is 0 Å². The monoisotopic (exact) mass is 308 g/mol. The van der Waals surface area contributed by atoms with E-state index in [1.807, 2.05) is 26.0 Å². The van der Waals surface area contributed by atoms with Crippen LogP contribution in [0.4, 0.5) is 0 Å². The van der Waals surface area contributed by atoms with E-state index in [1.165, 1.54) is 11.8 Å². The van der Waals surface area contributed by atoms with Gasteiger partial charge in [0.25, 0.3) is 0 Å². The predicted molar refractivity (Wildman–Crippen MR) is 78.7 cm³/mol. The highest BCUT2D eigenvalue weighted by Gasteiger charge is 2.16. The lowest BCUT2D eigenvalue weighted by Crippen LogP contribution is -2.08. The summed E-state index contributed by atoms with van der Waals surface area (Å²) in [5, 5.41) is 9.88. The SMILES string of the molecule is CC(C)c1ncc(Sc2cccc(Cl)c2)c(C(=O)O)n1. The third-order valence-electron chi connectivity index (χ3n) is 2.52. The fourth-order valence-corrected chi connectivity index (χ4v) is 2.72. The zero-order valence-corrected chi connectivity index (χ0v) is 12.6. The Hall–Kier alpha value is -1.59. The van der Waals surface area contributed by atoms with Gasteiger partial charge >= 0.3 is 5.97 Å². The van der Waals surface area contributed by atoms with Gasteiger partial charge in [0.1, 0.15) is 5.82 Å². The minimum absolute atomic E-state index is 0.0219. The van der Waals surface area contributed by atoms with Crippen LogP contribution in [0.5, 0.6) is 0 Å². The molecule has 0 amide bonds. The predicted octanol–water partition coefficient (Wildman–Crippen LogP) is 4.10. The number of rotatable bonds is 4. The molecule has 0 aliphatic rings. The zero-order valence-electron chi connectivity index (χ0n) is 11.0. The Morgan fingerprint density at radius 1 is 1.40 bits per heavy atom. The molecule has 0 saturated heterocycles. The van der Waals surface area contributed by atoms with E-state index in [2.05, 4.69) is 9.97 Å². The van der Waals surface area contributed by atoms with Crippen LogP contribution in [0.1, 0.15) is 36.1 Å². The smallest absolute Gasteiger partial charge is 0.355 e. The second-order valence-electron chi connectivity index (χ2n) is 4.46. The van der Waals surface area contributed by atoms with Crippen LogP contribution in [-0.4, -0.2) is 21.0 Å². The molecule has 2 aromatic rings. The average molecular weight is 309 g/mol. The first-order valence-corrected chi connectivity index (χ1v) is 7.20. The number of hydrogen-bond acceptors (Lipinski definition) is 4. The summed E-state index contributed by atoms with van der Waals surface area (Å²) >= 11 is 7.21. The first-order chi connectivity index (χ1) is 9.47. The number of carbonyl (C=O) groups is 1. The van der Waals surface area contributed by atoms with Gasteiger partial charge in [0, 0.05) is 22.0 Å². The molecule has 20 heavy (non-hydrogen) atoms. The highest BCUT2D eigenvalue weighted by molar-refractivity contribution is 7.99. The van der Waals surface area contributed by atoms with Gasteiger partial charge in [-0.1, -0.05) is 43.3 Å². The van der Waals surface area contributed by atoms with Crippen LogP contribution in [0.15, 0.2) is 40.3 Å². The quantitative estimate of drug-likeness (QED) is 0.921. The van der Waals surface area contributed by atoms with Gasteiger partial charge in [-0.2, -0.15) is 0 Å². The van der Waals surface area contributed by atoms with E-state index in [0.717, 1.165) is 4.90 Å². The molecule has 1 aromatic carbocycles. The van der Waals surface area contributed by atoms with E-state index >= 15 is 0 Å². The van der Waals surface area contributed by atoms with E-state index in [0.29, 0.717) is 15.7 Å². The van der Waals surface area contributed by atoms with Crippen LogP contribution < -0.4 is 0 Å². The Labute approximate surface area is 126 Å². The van der Waals surface area contributed by atoms with Gasteiger partial charge in [-0.15, -0.1) is 0 Å².